The van der Waals surface area contributed by atoms with Gasteiger partial charge in [-0.1, -0.05) is 24.7 Å². The lowest BCUT2D eigenvalue weighted by molar-refractivity contribution is 0.0591. The number of carbonyl (C=O) groups is 2. The van der Waals surface area contributed by atoms with Crippen LogP contribution in [0.25, 0.3) is 0 Å². The number of esters is 1. The Kier molecular flexibility index (Phi) is 4.75. The van der Waals surface area contributed by atoms with Gasteiger partial charge in [0.15, 0.2) is 16.6 Å². The van der Waals surface area contributed by atoms with Gasteiger partial charge in [0.25, 0.3) is 0 Å². The minimum absolute atomic E-state index is 0.140. The number of ketones is 1. The smallest absolute Gasteiger partial charge is 0.358 e. The average Bonchev–Trinajstić information content (AvgIpc) is 3.04. The predicted octanol–water partition coefficient (Wildman–Crippen LogP) is 2.76. The zero-order valence-corrected chi connectivity index (χ0v) is 13.0. The molecule has 0 amide bonds. The second-order valence-electron chi connectivity index (χ2n) is 5.11. The van der Waals surface area contributed by atoms with E-state index >= 15 is 0 Å². The molecule has 2 heterocycles. The third-order valence-electron chi connectivity index (χ3n) is 3.57. The Hall–Kier alpha value is -1.43. The summed E-state index contributed by atoms with van der Waals surface area (Å²) in [6.45, 7) is 5.54. The number of methoxy groups -OCH3 is 1. The minimum Gasteiger partial charge on any atom is -0.464 e. The standard InChI is InChI=1S/C14H20N2O3S/c1-4-5-10-6-7-16(8-10)14-15-11(13(18)19-3)12(20-14)9(2)17/h10H,4-8H2,1-3H3. The van der Waals surface area contributed by atoms with Gasteiger partial charge in [-0.3, -0.25) is 4.79 Å². The molecule has 1 atom stereocenters. The maximum Gasteiger partial charge on any atom is 0.358 e. The lowest BCUT2D eigenvalue weighted by atomic mass is 10.0. The molecule has 1 aliphatic heterocycles. The summed E-state index contributed by atoms with van der Waals surface area (Å²) in [4.78, 5) is 30.2. The molecule has 6 heteroatoms. The average molecular weight is 296 g/mol. The fourth-order valence-electron chi connectivity index (χ4n) is 2.57. The van der Waals surface area contributed by atoms with Crippen molar-refractivity contribution in [2.24, 2.45) is 5.92 Å². The monoisotopic (exact) mass is 296 g/mol. The number of hydrogen-bond acceptors (Lipinski definition) is 6. The van der Waals surface area contributed by atoms with Crippen molar-refractivity contribution in [1.29, 1.82) is 0 Å². The SMILES string of the molecule is CCCC1CCN(c2nc(C(=O)OC)c(C(C)=O)s2)C1. The van der Waals surface area contributed by atoms with Crippen LogP contribution in [0.5, 0.6) is 0 Å². The molecule has 0 saturated carbocycles. The minimum atomic E-state index is -0.540. The van der Waals surface area contributed by atoms with Gasteiger partial charge in [-0.15, -0.1) is 0 Å². The van der Waals surface area contributed by atoms with E-state index < -0.39 is 5.97 Å². The Morgan fingerprint density at radius 2 is 2.25 bits per heavy atom. The molecule has 20 heavy (non-hydrogen) atoms. The second kappa shape index (κ2) is 6.35. The quantitative estimate of drug-likeness (QED) is 0.617. The first kappa shape index (κ1) is 15.0. The molecule has 1 aliphatic rings. The van der Waals surface area contributed by atoms with Gasteiger partial charge >= 0.3 is 5.97 Å². The number of carbonyl (C=O) groups excluding carboxylic acids is 2. The van der Waals surface area contributed by atoms with Crippen molar-refractivity contribution in [3.05, 3.63) is 10.6 Å². The molecule has 2 rings (SSSR count). The van der Waals surface area contributed by atoms with Gasteiger partial charge in [0.1, 0.15) is 4.88 Å². The summed E-state index contributed by atoms with van der Waals surface area (Å²) in [5.41, 5.74) is 0.152. The van der Waals surface area contributed by atoms with Gasteiger partial charge in [0.2, 0.25) is 0 Å². The molecule has 0 aliphatic carbocycles. The van der Waals surface area contributed by atoms with Crippen molar-refractivity contribution >= 4 is 28.2 Å². The van der Waals surface area contributed by atoms with Gasteiger partial charge in [-0.25, -0.2) is 9.78 Å². The van der Waals surface area contributed by atoms with E-state index in [0.717, 1.165) is 24.6 Å². The van der Waals surface area contributed by atoms with E-state index in [0.29, 0.717) is 10.8 Å². The molecular formula is C14H20N2O3S. The summed E-state index contributed by atoms with van der Waals surface area (Å²) in [6.07, 6.45) is 3.55. The van der Waals surface area contributed by atoms with E-state index in [2.05, 4.69) is 16.8 Å². The highest BCUT2D eigenvalue weighted by Crippen LogP contribution is 2.32. The molecule has 0 N–H and O–H groups in total. The summed E-state index contributed by atoms with van der Waals surface area (Å²) in [5.74, 6) is 0.00622. The first-order valence-electron chi connectivity index (χ1n) is 6.91. The summed E-state index contributed by atoms with van der Waals surface area (Å²) in [6, 6.07) is 0. The van der Waals surface area contributed by atoms with Gasteiger partial charge in [0, 0.05) is 20.0 Å². The summed E-state index contributed by atoms with van der Waals surface area (Å²) in [7, 11) is 1.30. The molecule has 1 aromatic heterocycles. The molecular weight excluding hydrogens is 276 g/mol. The first-order chi connectivity index (χ1) is 9.56. The van der Waals surface area contributed by atoms with Crippen LogP contribution >= 0.6 is 11.3 Å². The van der Waals surface area contributed by atoms with E-state index in [-0.39, 0.29) is 11.5 Å². The number of aromatic nitrogens is 1. The van der Waals surface area contributed by atoms with Gasteiger partial charge < -0.3 is 9.64 Å². The van der Waals surface area contributed by atoms with Crippen molar-refractivity contribution in [2.75, 3.05) is 25.1 Å². The summed E-state index contributed by atoms with van der Waals surface area (Å²) < 4.78 is 4.70. The van der Waals surface area contributed by atoms with E-state index in [4.69, 9.17) is 4.74 Å². The number of Topliss-reactive ketones (excluding diaryl/α,β-unsaturated/α-hetero) is 1. The van der Waals surface area contributed by atoms with E-state index in [9.17, 15) is 9.59 Å². The van der Waals surface area contributed by atoms with Gasteiger partial charge in [-0.05, 0) is 18.8 Å². The fourth-order valence-corrected chi connectivity index (χ4v) is 3.55. The number of hydrogen-bond donors (Lipinski definition) is 0. The van der Waals surface area contributed by atoms with Gasteiger partial charge in [-0.2, -0.15) is 0 Å². The maximum absolute atomic E-state index is 11.7. The molecule has 0 bridgehead atoms. The van der Waals surface area contributed by atoms with E-state index in [1.165, 1.54) is 38.2 Å². The summed E-state index contributed by atoms with van der Waals surface area (Å²) in [5, 5.41) is 0.759. The Bertz CT molecular complexity index is 513. The third kappa shape index (κ3) is 3.00. The highest BCUT2D eigenvalue weighted by Gasteiger charge is 2.28. The third-order valence-corrected chi connectivity index (χ3v) is 4.78. The van der Waals surface area contributed by atoms with Crippen molar-refractivity contribution in [2.45, 2.75) is 33.1 Å². The van der Waals surface area contributed by atoms with Crippen molar-refractivity contribution < 1.29 is 14.3 Å². The van der Waals surface area contributed by atoms with Crippen LogP contribution in [-0.2, 0) is 4.74 Å². The van der Waals surface area contributed by atoms with Crippen LogP contribution in [-0.4, -0.2) is 36.9 Å². The number of thiazole rings is 1. The van der Waals surface area contributed by atoms with E-state index in [1.807, 2.05) is 0 Å². The Morgan fingerprint density at radius 3 is 2.85 bits per heavy atom. The van der Waals surface area contributed by atoms with Crippen molar-refractivity contribution in [3.63, 3.8) is 0 Å². The molecule has 1 saturated heterocycles. The lowest BCUT2D eigenvalue weighted by Gasteiger charge is -2.14. The van der Waals surface area contributed by atoms with Crippen LogP contribution in [0.2, 0.25) is 0 Å². The van der Waals surface area contributed by atoms with Gasteiger partial charge in [0.05, 0.1) is 7.11 Å². The highest BCUT2D eigenvalue weighted by atomic mass is 32.1. The van der Waals surface area contributed by atoms with Crippen molar-refractivity contribution in [3.8, 4) is 0 Å². The van der Waals surface area contributed by atoms with Crippen molar-refractivity contribution in [1.82, 2.24) is 4.98 Å². The van der Waals surface area contributed by atoms with Crippen LogP contribution in [0.1, 0.15) is 53.3 Å². The van der Waals surface area contributed by atoms with Crippen LogP contribution < -0.4 is 4.90 Å². The number of nitrogens with zero attached hydrogens (tertiary/aromatic N) is 2. The lowest BCUT2D eigenvalue weighted by Crippen LogP contribution is -2.19. The molecule has 0 radical (unpaired) electrons. The highest BCUT2D eigenvalue weighted by molar-refractivity contribution is 7.17. The molecule has 1 unspecified atom stereocenters. The molecule has 0 spiro atoms. The molecule has 1 aromatic rings. The molecule has 110 valence electrons. The topological polar surface area (TPSA) is 59.5 Å². The zero-order valence-electron chi connectivity index (χ0n) is 12.1. The second-order valence-corrected chi connectivity index (χ2v) is 6.09. The first-order valence-corrected chi connectivity index (χ1v) is 7.73. The predicted molar refractivity (Wildman–Crippen MR) is 78.7 cm³/mol. The van der Waals surface area contributed by atoms with Crippen LogP contribution in [0.15, 0.2) is 0 Å². The van der Waals surface area contributed by atoms with Crippen LogP contribution in [0, 0.1) is 5.92 Å². The Morgan fingerprint density at radius 1 is 1.50 bits per heavy atom. The molecule has 0 aromatic carbocycles. The number of anilines is 1. The Labute approximate surface area is 122 Å². The van der Waals surface area contributed by atoms with Crippen LogP contribution in [0.4, 0.5) is 5.13 Å². The molecule has 5 nitrogen and oxygen atoms in total. The largest absolute Gasteiger partial charge is 0.464 e. The zero-order chi connectivity index (χ0) is 14.7. The molecule has 1 fully saturated rings. The van der Waals surface area contributed by atoms with E-state index in [1.54, 1.807) is 0 Å². The Balaban J connectivity index is 2.21. The van der Waals surface area contributed by atoms with Crippen LogP contribution in [0.3, 0.4) is 0 Å². The number of ether oxygens (including phenoxy) is 1. The maximum atomic E-state index is 11.7. The summed E-state index contributed by atoms with van der Waals surface area (Å²) >= 11 is 1.29. The fraction of sp³-hybridized carbons (Fsp3) is 0.643. The number of rotatable bonds is 5. The normalized spacial score (nSPS) is 18.4.